The minimum atomic E-state index is -0.219. The molecule has 0 N–H and O–H groups in total. The minimum absolute atomic E-state index is 0.0481. The molecule has 1 spiro atoms. The zero-order valence-electron chi connectivity index (χ0n) is 15.7. The molecule has 0 aromatic heterocycles. The largest absolute Gasteiger partial charge is 0.375 e. The molecule has 5 nitrogen and oxygen atoms in total. The second-order valence-electron chi connectivity index (χ2n) is 8.26. The number of piperidine rings is 1. The van der Waals surface area contributed by atoms with Crippen molar-refractivity contribution in [1.29, 1.82) is 0 Å². The summed E-state index contributed by atoms with van der Waals surface area (Å²) in [7, 11) is 0. The van der Waals surface area contributed by atoms with Gasteiger partial charge in [-0.1, -0.05) is 26.0 Å². The van der Waals surface area contributed by atoms with Gasteiger partial charge in [0.15, 0.2) is 0 Å². The second kappa shape index (κ2) is 6.69. The summed E-state index contributed by atoms with van der Waals surface area (Å²) in [6.07, 6.45) is 3.31. The van der Waals surface area contributed by atoms with Crippen LogP contribution in [0.1, 0.15) is 51.0 Å². The molecule has 26 heavy (non-hydrogen) atoms. The molecule has 4 rings (SSSR count). The zero-order chi connectivity index (χ0) is 18.3. The molecule has 3 aliphatic rings. The first-order valence-corrected chi connectivity index (χ1v) is 9.80. The van der Waals surface area contributed by atoms with Gasteiger partial charge in [-0.3, -0.25) is 9.59 Å². The van der Waals surface area contributed by atoms with Gasteiger partial charge in [-0.05, 0) is 42.9 Å². The van der Waals surface area contributed by atoms with Crippen molar-refractivity contribution in [3.63, 3.8) is 0 Å². The fourth-order valence-electron chi connectivity index (χ4n) is 4.34. The maximum absolute atomic E-state index is 12.9. The summed E-state index contributed by atoms with van der Waals surface area (Å²) in [5, 5.41) is 0. The average molecular weight is 356 g/mol. The van der Waals surface area contributed by atoms with Crippen LogP contribution < -0.4 is 4.90 Å². The molecular weight excluding hydrogens is 328 g/mol. The quantitative estimate of drug-likeness (QED) is 0.837. The molecule has 1 atom stereocenters. The van der Waals surface area contributed by atoms with Gasteiger partial charge in [0.1, 0.15) is 0 Å². The first-order valence-electron chi connectivity index (χ1n) is 9.80. The van der Waals surface area contributed by atoms with Gasteiger partial charge in [-0.25, -0.2) is 0 Å². The molecule has 2 amide bonds. The van der Waals surface area contributed by atoms with Crippen LogP contribution in [-0.2, 0) is 14.3 Å². The lowest BCUT2D eigenvalue weighted by Gasteiger charge is -2.47. The Bertz CT molecular complexity index is 684. The third kappa shape index (κ3) is 3.13. The number of carbonyl (C=O) groups excluding carboxylic acids is 2. The van der Waals surface area contributed by atoms with Gasteiger partial charge in [-0.15, -0.1) is 0 Å². The molecule has 5 heteroatoms. The van der Waals surface area contributed by atoms with Crippen LogP contribution in [0.15, 0.2) is 24.3 Å². The standard InChI is InChI=1S/C21H28N2O3/c1-15(2)16-3-5-18(6-4-16)23-14-17(13-19(23)24)20(25)22-10-7-21(8-11-22)9-12-26-21/h3-6,15,17H,7-14H2,1-2H3. The third-order valence-electron chi connectivity index (χ3n) is 6.30. The minimum Gasteiger partial charge on any atom is -0.375 e. The van der Waals surface area contributed by atoms with E-state index in [9.17, 15) is 9.59 Å². The summed E-state index contributed by atoms with van der Waals surface area (Å²) in [5.41, 5.74) is 2.20. The Morgan fingerprint density at radius 3 is 2.35 bits per heavy atom. The van der Waals surface area contributed by atoms with Gasteiger partial charge in [0, 0.05) is 31.7 Å². The van der Waals surface area contributed by atoms with Crippen LogP contribution in [0.25, 0.3) is 0 Å². The number of ether oxygens (including phenoxy) is 1. The average Bonchev–Trinajstić information content (AvgIpc) is 3.01. The highest BCUT2D eigenvalue weighted by atomic mass is 16.5. The van der Waals surface area contributed by atoms with Crippen LogP contribution in [0.2, 0.25) is 0 Å². The van der Waals surface area contributed by atoms with E-state index in [1.807, 2.05) is 17.0 Å². The summed E-state index contributed by atoms with van der Waals surface area (Å²) < 4.78 is 5.73. The Morgan fingerprint density at radius 1 is 1.15 bits per heavy atom. The molecule has 1 unspecified atom stereocenters. The van der Waals surface area contributed by atoms with Crippen LogP contribution in [0, 0.1) is 5.92 Å². The fourth-order valence-corrected chi connectivity index (χ4v) is 4.34. The van der Waals surface area contributed by atoms with E-state index in [1.165, 1.54) is 5.56 Å². The van der Waals surface area contributed by atoms with Gasteiger partial charge in [0.25, 0.3) is 0 Å². The second-order valence-corrected chi connectivity index (χ2v) is 8.26. The van der Waals surface area contributed by atoms with Gasteiger partial charge in [0.05, 0.1) is 18.1 Å². The highest BCUT2D eigenvalue weighted by molar-refractivity contribution is 6.00. The van der Waals surface area contributed by atoms with E-state index < -0.39 is 0 Å². The van der Waals surface area contributed by atoms with E-state index >= 15 is 0 Å². The molecule has 140 valence electrons. The summed E-state index contributed by atoms with van der Waals surface area (Å²) in [6.45, 7) is 7.18. The SMILES string of the molecule is CC(C)c1ccc(N2CC(C(=O)N3CCC4(CCO4)CC3)CC2=O)cc1. The summed E-state index contributed by atoms with van der Waals surface area (Å²) in [5.74, 6) is 0.434. The topological polar surface area (TPSA) is 49.9 Å². The van der Waals surface area contributed by atoms with Crippen molar-refractivity contribution in [2.24, 2.45) is 5.92 Å². The molecule has 3 fully saturated rings. The zero-order valence-corrected chi connectivity index (χ0v) is 15.7. The first-order chi connectivity index (χ1) is 12.5. The predicted octanol–water partition coefficient (Wildman–Crippen LogP) is 2.94. The molecule has 0 saturated carbocycles. The van der Waals surface area contributed by atoms with Gasteiger partial charge in [0.2, 0.25) is 11.8 Å². The number of likely N-dealkylation sites (tertiary alicyclic amines) is 1. The molecule has 3 heterocycles. The lowest BCUT2D eigenvalue weighted by atomic mass is 9.84. The van der Waals surface area contributed by atoms with Crippen molar-refractivity contribution in [1.82, 2.24) is 4.90 Å². The molecular formula is C21H28N2O3. The number of hydrogen-bond donors (Lipinski definition) is 0. The molecule has 1 aromatic carbocycles. The number of carbonyl (C=O) groups is 2. The Morgan fingerprint density at radius 2 is 1.81 bits per heavy atom. The maximum atomic E-state index is 12.9. The summed E-state index contributed by atoms with van der Waals surface area (Å²) in [6, 6.07) is 8.15. The molecule has 1 aromatic rings. The van der Waals surface area contributed by atoms with Crippen molar-refractivity contribution in [2.75, 3.05) is 31.1 Å². The maximum Gasteiger partial charge on any atom is 0.228 e. The molecule has 3 saturated heterocycles. The summed E-state index contributed by atoms with van der Waals surface area (Å²) >= 11 is 0. The van der Waals surface area contributed by atoms with E-state index in [1.54, 1.807) is 4.90 Å². The van der Waals surface area contributed by atoms with E-state index in [4.69, 9.17) is 4.74 Å². The van der Waals surface area contributed by atoms with Crippen molar-refractivity contribution >= 4 is 17.5 Å². The van der Waals surface area contributed by atoms with E-state index in [0.29, 0.717) is 18.9 Å². The normalized spacial score (nSPS) is 25.0. The van der Waals surface area contributed by atoms with Gasteiger partial charge >= 0.3 is 0 Å². The lowest BCUT2D eigenvalue weighted by Crippen LogP contribution is -2.54. The van der Waals surface area contributed by atoms with Crippen molar-refractivity contribution < 1.29 is 14.3 Å². The number of benzene rings is 1. The molecule has 0 aliphatic carbocycles. The number of anilines is 1. The monoisotopic (exact) mass is 356 g/mol. The number of nitrogens with zero attached hydrogens (tertiary/aromatic N) is 2. The number of amides is 2. The van der Waals surface area contributed by atoms with Crippen LogP contribution in [0.3, 0.4) is 0 Å². The smallest absolute Gasteiger partial charge is 0.228 e. The van der Waals surface area contributed by atoms with Gasteiger partial charge < -0.3 is 14.5 Å². The van der Waals surface area contributed by atoms with Crippen molar-refractivity contribution in [3.05, 3.63) is 29.8 Å². The number of rotatable bonds is 3. The molecule has 3 aliphatic heterocycles. The molecule has 0 radical (unpaired) electrons. The van der Waals surface area contributed by atoms with Gasteiger partial charge in [-0.2, -0.15) is 0 Å². The van der Waals surface area contributed by atoms with Crippen LogP contribution in [0.4, 0.5) is 5.69 Å². The lowest BCUT2D eigenvalue weighted by molar-refractivity contribution is -0.177. The van der Waals surface area contributed by atoms with Crippen LogP contribution >= 0.6 is 0 Å². The third-order valence-corrected chi connectivity index (χ3v) is 6.30. The highest BCUT2D eigenvalue weighted by Crippen LogP contribution is 2.37. The Hall–Kier alpha value is -1.88. The van der Waals surface area contributed by atoms with Crippen molar-refractivity contribution in [3.8, 4) is 0 Å². The van der Waals surface area contributed by atoms with Crippen LogP contribution in [-0.4, -0.2) is 48.6 Å². The Labute approximate surface area is 155 Å². The Kier molecular flexibility index (Phi) is 4.51. The Balaban J connectivity index is 1.38. The van der Waals surface area contributed by atoms with E-state index in [0.717, 1.165) is 44.6 Å². The van der Waals surface area contributed by atoms with E-state index in [-0.39, 0.29) is 23.3 Å². The van der Waals surface area contributed by atoms with Crippen molar-refractivity contribution in [2.45, 2.75) is 51.0 Å². The first kappa shape index (κ1) is 17.5. The number of hydrogen-bond acceptors (Lipinski definition) is 3. The highest BCUT2D eigenvalue weighted by Gasteiger charge is 2.44. The van der Waals surface area contributed by atoms with E-state index in [2.05, 4.69) is 26.0 Å². The molecule has 0 bridgehead atoms. The van der Waals surface area contributed by atoms with Crippen LogP contribution in [0.5, 0.6) is 0 Å². The summed E-state index contributed by atoms with van der Waals surface area (Å²) in [4.78, 5) is 29.1. The fraction of sp³-hybridized carbons (Fsp3) is 0.619. The predicted molar refractivity (Wildman–Crippen MR) is 100 cm³/mol.